The molecule has 1 aromatic rings. The van der Waals surface area contributed by atoms with Crippen molar-refractivity contribution in [3.05, 3.63) is 21.9 Å². The predicted octanol–water partition coefficient (Wildman–Crippen LogP) is 2.65. The van der Waals surface area contributed by atoms with Gasteiger partial charge < -0.3 is 9.64 Å². The van der Waals surface area contributed by atoms with E-state index in [0.29, 0.717) is 6.54 Å². The van der Waals surface area contributed by atoms with Crippen LogP contribution in [0.2, 0.25) is 0 Å². The van der Waals surface area contributed by atoms with Crippen LogP contribution in [-0.2, 0) is 17.7 Å². The molecule has 1 aliphatic rings. The molecule has 1 aliphatic heterocycles. The number of carbonyl (C=O) groups is 1. The SMILES string of the molecule is CC(C)OC(=O)N1CCc2sccc2C1. The Morgan fingerprint density at radius 2 is 2.40 bits per heavy atom. The predicted molar refractivity (Wildman–Crippen MR) is 60.1 cm³/mol. The average molecular weight is 225 g/mol. The summed E-state index contributed by atoms with van der Waals surface area (Å²) < 4.78 is 5.17. The summed E-state index contributed by atoms with van der Waals surface area (Å²) in [6, 6.07) is 2.09. The number of nitrogens with zero attached hydrogens (tertiary/aromatic N) is 1. The Balaban J connectivity index is 2.00. The van der Waals surface area contributed by atoms with E-state index in [1.54, 1.807) is 16.2 Å². The molecule has 0 saturated carbocycles. The molecule has 1 aromatic heterocycles. The summed E-state index contributed by atoms with van der Waals surface area (Å²) in [7, 11) is 0. The van der Waals surface area contributed by atoms with Crippen LogP contribution in [0.25, 0.3) is 0 Å². The van der Waals surface area contributed by atoms with Crippen molar-refractivity contribution in [1.82, 2.24) is 4.90 Å². The van der Waals surface area contributed by atoms with Gasteiger partial charge in [0.1, 0.15) is 0 Å². The molecule has 15 heavy (non-hydrogen) atoms. The molecule has 2 rings (SSSR count). The van der Waals surface area contributed by atoms with E-state index < -0.39 is 0 Å². The molecule has 3 nitrogen and oxygen atoms in total. The van der Waals surface area contributed by atoms with Gasteiger partial charge in [-0.1, -0.05) is 0 Å². The van der Waals surface area contributed by atoms with Crippen LogP contribution in [0.4, 0.5) is 4.79 Å². The molecule has 0 N–H and O–H groups in total. The maximum atomic E-state index is 11.6. The Morgan fingerprint density at radius 1 is 1.60 bits per heavy atom. The molecule has 1 amide bonds. The van der Waals surface area contributed by atoms with Crippen LogP contribution in [0.5, 0.6) is 0 Å². The van der Waals surface area contributed by atoms with Crippen molar-refractivity contribution in [2.24, 2.45) is 0 Å². The number of amides is 1. The second-order valence-electron chi connectivity index (χ2n) is 3.97. The summed E-state index contributed by atoms with van der Waals surface area (Å²) in [4.78, 5) is 14.8. The van der Waals surface area contributed by atoms with Gasteiger partial charge in [-0.05, 0) is 37.3 Å². The van der Waals surface area contributed by atoms with Crippen LogP contribution < -0.4 is 0 Å². The molecule has 0 spiro atoms. The van der Waals surface area contributed by atoms with Crippen molar-refractivity contribution in [1.29, 1.82) is 0 Å². The van der Waals surface area contributed by atoms with Crippen LogP contribution in [0.1, 0.15) is 24.3 Å². The van der Waals surface area contributed by atoms with Gasteiger partial charge >= 0.3 is 6.09 Å². The second kappa shape index (κ2) is 4.23. The Kier molecular flexibility index (Phi) is 2.95. The monoisotopic (exact) mass is 225 g/mol. The van der Waals surface area contributed by atoms with Gasteiger partial charge in [0.25, 0.3) is 0 Å². The second-order valence-corrected chi connectivity index (χ2v) is 4.97. The van der Waals surface area contributed by atoms with E-state index in [-0.39, 0.29) is 12.2 Å². The number of fused-ring (bicyclic) bond motifs is 1. The van der Waals surface area contributed by atoms with Crippen LogP contribution in [0, 0.1) is 0 Å². The lowest BCUT2D eigenvalue weighted by molar-refractivity contribution is 0.0732. The molecule has 2 heterocycles. The fourth-order valence-corrected chi connectivity index (χ4v) is 2.57. The van der Waals surface area contributed by atoms with Crippen molar-refractivity contribution >= 4 is 17.4 Å². The number of hydrogen-bond acceptors (Lipinski definition) is 3. The lowest BCUT2D eigenvalue weighted by Crippen LogP contribution is -2.36. The molecule has 0 aromatic carbocycles. The first-order chi connectivity index (χ1) is 7.16. The molecular weight excluding hydrogens is 210 g/mol. The summed E-state index contributed by atoms with van der Waals surface area (Å²) in [6.07, 6.45) is 0.725. The maximum Gasteiger partial charge on any atom is 0.410 e. The Bertz CT molecular complexity index is 359. The molecule has 4 heteroatoms. The van der Waals surface area contributed by atoms with Crippen LogP contribution in [0.3, 0.4) is 0 Å². The van der Waals surface area contributed by atoms with E-state index in [1.165, 1.54) is 10.4 Å². The van der Waals surface area contributed by atoms with Crippen molar-refractivity contribution < 1.29 is 9.53 Å². The van der Waals surface area contributed by atoms with Crippen molar-refractivity contribution in [2.45, 2.75) is 32.9 Å². The highest BCUT2D eigenvalue weighted by atomic mass is 32.1. The summed E-state index contributed by atoms with van der Waals surface area (Å²) in [6.45, 7) is 5.22. The molecule has 0 saturated heterocycles. The van der Waals surface area contributed by atoms with Gasteiger partial charge in [-0.25, -0.2) is 4.79 Å². The molecule has 0 unspecified atom stereocenters. The highest BCUT2D eigenvalue weighted by molar-refractivity contribution is 7.10. The number of thiophene rings is 1. The largest absolute Gasteiger partial charge is 0.447 e. The number of hydrogen-bond donors (Lipinski definition) is 0. The van der Waals surface area contributed by atoms with E-state index in [4.69, 9.17) is 4.74 Å². The summed E-state index contributed by atoms with van der Waals surface area (Å²) in [5.41, 5.74) is 1.27. The molecule has 82 valence electrons. The molecule has 0 fully saturated rings. The quantitative estimate of drug-likeness (QED) is 0.735. The summed E-state index contributed by atoms with van der Waals surface area (Å²) >= 11 is 1.77. The molecule has 0 atom stereocenters. The number of ether oxygens (including phenoxy) is 1. The first kappa shape index (κ1) is 10.5. The van der Waals surface area contributed by atoms with E-state index in [2.05, 4.69) is 11.4 Å². The van der Waals surface area contributed by atoms with Gasteiger partial charge in [-0.15, -0.1) is 11.3 Å². The number of rotatable bonds is 1. The maximum absolute atomic E-state index is 11.6. The Morgan fingerprint density at radius 3 is 3.13 bits per heavy atom. The topological polar surface area (TPSA) is 29.5 Å². The third-order valence-corrected chi connectivity index (χ3v) is 3.43. The molecule has 0 aliphatic carbocycles. The van der Waals surface area contributed by atoms with Crippen molar-refractivity contribution in [3.8, 4) is 0 Å². The summed E-state index contributed by atoms with van der Waals surface area (Å²) in [5.74, 6) is 0. The number of carbonyl (C=O) groups excluding carboxylic acids is 1. The zero-order valence-electron chi connectivity index (χ0n) is 9.03. The molecular formula is C11H15NO2S. The minimum atomic E-state index is -0.193. The van der Waals surface area contributed by atoms with Gasteiger partial charge in [0.2, 0.25) is 0 Å². The fourth-order valence-electron chi connectivity index (χ4n) is 1.68. The minimum absolute atomic E-state index is 0.0404. The Labute approximate surface area is 93.7 Å². The molecule has 0 radical (unpaired) electrons. The zero-order valence-corrected chi connectivity index (χ0v) is 9.84. The van der Waals surface area contributed by atoms with E-state index >= 15 is 0 Å². The van der Waals surface area contributed by atoms with Gasteiger partial charge in [0, 0.05) is 11.4 Å². The van der Waals surface area contributed by atoms with Crippen LogP contribution >= 0.6 is 11.3 Å². The van der Waals surface area contributed by atoms with E-state index in [0.717, 1.165) is 13.0 Å². The third-order valence-electron chi connectivity index (χ3n) is 2.40. The lowest BCUT2D eigenvalue weighted by Gasteiger charge is -2.27. The zero-order chi connectivity index (χ0) is 10.8. The first-order valence-electron chi connectivity index (χ1n) is 5.17. The fraction of sp³-hybridized carbons (Fsp3) is 0.545. The standard InChI is InChI=1S/C11H15NO2S/c1-8(2)14-11(13)12-5-3-10-9(7-12)4-6-15-10/h4,6,8H,3,5,7H2,1-2H3. The highest BCUT2D eigenvalue weighted by Crippen LogP contribution is 2.24. The lowest BCUT2D eigenvalue weighted by atomic mass is 10.1. The van der Waals surface area contributed by atoms with Gasteiger partial charge in [0.05, 0.1) is 12.6 Å². The smallest absolute Gasteiger partial charge is 0.410 e. The van der Waals surface area contributed by atoms with E-state index in [1.807, 2.05) is 13.8 Å². The highest BCUT2D eigenvalue weighted by Gasteiger charge is 2.22. The van der Waals surface area contributed by atoms with Gasteiger partial charge in [-0.2, -0.15) is 0 Å². The van der Waals surface area contributed by atoms with Gasteiger partial charge in [-0.3, -0.25) is 0 Å². The normalized spacial score (nSPS) is 15.3. The van der Waals surface area contributed by atoms with Gasteiger partial charge in [0.15, 0.2) is 0 Å². The van der Waals surface area contributed by atoms with Crippen molar-refractivity contribution in [3.63, 3.8) is 0 Å². The van der Waals surface area contributed by atoms with Crippen LogP contribution in [-0.4, -0.2) is 23.6 Å². The van der Waals surface area contributed by atoms with E-state index in [9.17, 15) is 4.79 Å². The third kappa shape index (κ3) is 2.31. The minimum Gasteiger partial charge on any atom is -0.447 e. The first-order valence-corrected chi connectivity index (χ1v) is 6.05. The van der Waals surface area contributed by atoms with Crippen LogP contribution in [0.15, 0.2) is 11.4 Å². The summed E-state index contributed by atoms with van der Waals surface area (Å²) in [5, 5.41) is 2.09. The molecule has 0 bridgehead atoms. The van der Waals surface area contributed by atoms with Crippen molar-refractivity contribution in [2.75, 3.05) is 6.54 Å². The Hall–Kier alpha value is -1.03. The average Bonchev–Trinajstić information content (AvgIpc) is 2.62.